The van der Waals surface area contributed by atoms with Gasteiger partial charge in [-0.1, -0.05) is 29.8 Å². The first kappa shape index (κ1) is 11.1. The maximum Gasteiger partial charge on any atom is 0.490 e. The topological polar surface area (TPSA) is 53.4 Å². The third kappa shape index (κ3) is 2.42. The van der Waals surface area contributed by atoms with Gasteiger partial charge in [0.05, 0.1) is 5.69 Å². The lowest BCUT2D eigenvalue weighted by Gasteiger charge is -2.02. The summed E-state index contributed by atoms with van der Waals surface area (Å²) in [4.78, 5) is 4.14. The Morgan fingerprint density at radius 1 is 1.00 bits per heavy atom. The van der Waals surface area contributed by atoms with Crippen LogP contribution in [0.4, 0.5) is 0 Å². The molecule has 0 spiro atoms. The van der Waals surface area contributed by atoms with E-state index in [-0.39, 0.29) is 0 Å². The van der Waals surface area contributed by atoms with E-state index in [1.54, 1.807) is 24.3 Å². The molecule has 1 heterocycles. The summed E-state index contributed by atoms with van der Waals surface area (Å²) in [6, 6.07) is 10.7. The second-order valence-electron chi connectivity index (χ2n) is 3.36. The number of hydrogen-bond donors (Lipinski definition) is 2. The van der Waals surface area contributed by atoms with Gasteiger partial charge in [0.2, 0.25) is 0 Å². The van der Waals surface area contributed by atoms with Crippen molar-refractivity contribution in [2.45, 2.75) is 0 Å². The summed E-state index contributed by atoms with van der Waals surface area (Å²) in [6.07, 6.45) is 1.44. The van der Waals surface area contributed by atoms with E-state index in [1.165, 1.54) is 6.20 Å². The minimum absolute atomic E-state index is 0.373. The Labute approximate surface area is 98.5 Å². The standard InChI is InChI=1S/C11H9BClNO2/c13-10-4-1-8(2-5-10)11-6-3-9(7-14-11)12(15)16/h1-7,15-16H. The Bertz CT molecular complexity index is 470. The van der Waals surface area contributed by atoms with E-state index in [2.05, 4.69) is 4.98 Å². The molecule has 5 heteroatoms. The molecule has 80 valence electrons. The smallest absolute Gasteiger partial charge is 0.423 e. The van der Waals surface area contributed by atoms with Crippen LogP contribution in [-0.4, -0.2) is 22.2 Å². The van der Waals surface area contributed by atoms with E-state index < -0.39 is 7.12 Å². The maximum absolute atomic E-state index is 8.92. The van der Waals surface area contributed by atoms with Gasteiger partial charge in [0, 0.05) is 22.2 Å². The van der Waals surface area contributed by atoms with Crippen molar-refractivity contribution < 1.29 is 10.0 Å². The number of aromatic nitrogens is 1. The van der Waals surface area contributed by atoms with Gasteiger partial charge in [-0.2, -0.15) is 0 Å². The average Bonchev–Trinajstić information content (AvgIpc) is 2.30. The van der Waals surface area contributed by atoms with E-state index in [4.69, 9.17) is 21.6 Å². The van der Waals surface area contributed by atoms with Crippen molar-refractivity contribution >= 4 is 24.2 Å². The van der Waals surface area contributed by atoms with Gasteiger partial charge in [-0.3, -0.25) is 4.98 Å². The van der Waals surface area contributed by atoms with Crippen molar-refractivity contribution in [1.29, 1.82) is 0 Å². The van der Waals surface area contributed by atoms with Gasteiger partial charge in [0.1, 0.15) is 0 Å². The summed E-state index contributed by atoms with van der Waals surface area (Å²) in [5.41, 5.74) is 2.07. The van der Waals surface area contributed by atoms with Gasteiger partial charge in [-0.25, -0.2) is 0 Å². The monoisotopic (exact) mass is 233 g/mol. The summed E-state index contributed by atoms with van der Waals surface area (Å²) >= 11 is 5.78. The van der Waals surface area contributed by atoms with Gasteiger partial charge in [-0.05, 0) is 18.2 Å². The van der Waals surface area contributed by atoms with Crippen LogP contribution in [0.1, 0.15) is 0 Å². The summed E-state index contributed by atoms with van der Waals surface area (Å²) in [6.45, 7) is 0. The molecule has 1 aromatic heterocycles. The molecule has 0 fully saturated rings. The highest BCUT2D eigenvalue weighted by atomic mass is 35.5. The van der Waals surface area contributed by atoms with Crippen molar-refractivity contribution in [3.63, 3.8) is 0 Å². The quantitative estimate of drug-likeness (QED) is 0.763. The van der Waals surface area contributed by atoms with Gasteiger partial charge >= 0.3 is 7.12 Å². The summed E-state index contributed by atoms with van der Waals surface area (Å²) < 4.78 is 0. The normalized spacial score (nSPS) is 10.2. The molecule has 2 N–H and O–H groups in total. The van der Waals surface area contributed by atoms with Crippen LogP contribution < -0.4 is 5.46 Å². The number of halogens is 1. The molecule has 0 saturated heterocycles. The molecule has 0 atom stereocenters. The first-order valence-corrected chi connectivity index (χ1v) is 5.12. The van der Waals surface area contributed by atoms with Crippen molar-refractivity contribution in [3.8, 4) is 11.3 Å². The molecule has 2 aromatic rings. The molecule has 0 radical (unpaired) electrons. The highest BCUT2D eigenvalue weighted by Gasteiger charge is 2.10. The maximum atomic E-state index is 8.92. The Hall–Kier alpha value is -1.36. The third-order valence-electron chi connectivity index (χ3n) is 2.22. The number of pyridine rings is 1. The fourth-order valence-corrected chi connectivity index (χ4v) is 1.48. The minimum Gasteiger partial charge on any atom is -0.423 e. The van der Waals surface area contributed by atoms with E-state index >= 15 is 0 Å². The molecular formula is C11H9BClNO2. The zero-order valence-corrected chi connectivity index (χ0v) is 9.09. The van der Waals surface area contributed by atoms with Crippen LogP contribution in [0.25, 0.3) is 11.3 Å². The second kappa shape index (κ2) is 4.66. The van der Waals surface area contributed by atoms with Crippen LogP contribution in [0.3, 0.4) is 0 Å². The molecule has 0 aliphatic carbocycles. The molecule has 16 heavy (non-hydrogen) atoms. The van der Waals surface area contributed by atoms with Gasteiger partial charge in [-0.15, -0.1) is 0 Å². The number of rotatable bonds is 2. The Morgan fingerprint density at radius 3 is 2.19 bits per heavy atom. The number of benzene rings is 1. The van der Waals surface area contributed by atoms with Gasteiger partial charge < -0.3 is 10.0 Å². The van der Waals surface area contributed by atoms with Crippen LogP contribution >= 0.6 is 11.6 Å². The summed E-state index contributed by atoms with van der Waals surface area (Å²) in [5.74, 6) is 0. The van der Waals surface area contributed by atoms with E-state index in [0.717, 1.165) is 11.3 Å². The van der Waals surface area contributed by atoms with Crippen LogP contribution in [0, 0.1) is 0 Å². The van der Waals surface area contributed by atoms with Crippen molar-refractivity contribution in [3.05, 3.63) is 47.6 Å². The Kier molecular flexibility index (Phi) is 3.24. The van der Waals surface area contributed by atoms with Gasteiger partial charge in [0.25, 0.3) is 0 Å². The first-order valence-electron chi connectivity index (χ1n) is 4.75. The van der Waals surface area contributed by atoms with E-state index in [0.29, 0.717) is 10.5 Å². The number of nitrogens with zero attached hydrogens (tertiary/aromatic N) is 1. The first-order chi connectivity index (χ1) is 7.66. The fraction of sp³-hybridized carbons (Fsp3) is 0. The predicted molar refractivity (Wildman–Crippen MR) is 64.5 cm³/mol. The minimum atomic E-state index is -1.48. The van der Waals surface area contributed by atoms with E-state index in [9.17, 15) is 0 Å². The van der Waals surface area contributed by atoms with Crippen molar-refractivity contribution in [1.82, 2.24) is 4.98 Å². The zero-order chi connectivity index (χ0) is 11.5. The SMILES string of the molecule is OB(O)c1ccc(-c2ccc(Cl)cc2)nc1. The Morgan fingerprint density at radius 2 is 1.69 bits per heavy atom. The zero-order valence-electron chi connectivity index (χ0n) is 8.34. The van der Waals surface area contributed by atoms with E-state index in [1.807, 2.05) is 12.1 Å². The molecule has 0 aliphatic rings. The summed E-state index contributed by atoms with van der Waals surface area (Å²) in [7, 11) is -1.48. The molecule has 0 bridgehead atoms. The van der Waals surface area contributed by atoms with Crippen molar-refractivity contribution in [2.75, 3.05) is 0 Å². The van der Waals surface area contributed by atoms with Crippen LogP contribution in [0.15, 0.2) is 42.6 Å². The molecule has 1 aromatic carbocycles. The molecule has 0 saturated carbocycles. The molecule has 0 unspecified atom stereocenters. The summed E-state index contributed by atoms with van der Waals surface area (Å²) in [5, 5.41) is 18.5. The Balaban J connectivity index is 2.31. The van der Waals surface area contributed by atoms with Gasteiger partial charge in [0.15, 0.2) is 0 Å². The van der Waals surface area contributed by atoms with Crippen LogP contribution in [0.5, 0.6) is 0 Å². The highest BCUT2D eigenvalue weighted by molar-refractivity contribution is 6.58. The number of hydrogen-bond acceptors (Lipinski definition) is 3. The largest absolute Gasteiger partial charge is 0.490 e. The molecule has 0 amide bonds. The third-order valence-corrected chi connectivity index (χ3v) is 2.48. The van der Waals surface area contributed by atoms with Crippen LogP contribution in [-0.2, 0) is 0 Å². The lowest BCUT2D eigenvalue weighted by molar-refractivity contribution is 0.425. The lowest BCUT2D eigenvalue weighted by atomic mass is 9.81. The molecule has 3 nitrogen and oxygen atoms in total. The highest BCUT2D eigenvalue weighted by Crippen LogP contribution is 2.18. The second-order valence-corrected chi connectivity index (χ2v) is 3.79. The fourth-order valence-electron chi connectivity index (χ4n) is 1.35. The predicted octanol–water partition coefficient (Wildman–Crippen LogP) is 1.08. The molecular weight excluding hydrogens is 224 g/mol. The van der Waals surface area contributed by atoms with Crippen LogP contribution in [0.2, 0.25) is 5.02 Å². The average molecular weight is 233 g/mol. The molecule has 0 aliphatic heterocycles. The lowest BCUT2D eigenvalue weighted by Crippen LogP contribution is -2.29. The van der Waals surface area contributed by atoms with Crippen molar-refractivity contribution in [2.24, 2.45) is 0 Å². The molecule has 2 rings (SSSR count).